The van der Waals surface area contributed by atoms with Crippen molar-refractivity contribution < 1.29 is 23.6 Å². The first-order valence-corrected chi connectivity index (χ1v) is 10.0. The van der Waals surface area contributed by atoms with Crippen LogP contribution in [0.2, 0.25) is 0 Å². The van der Waals surface area contributed by atoms with Gasteiger partial charge < -0.3 is 14.8 Å². The molecular formula is C25H20FN3O5. The summed E-state index contributed by atoms with van der Waals surface area (Å²) in [5.74, 6) is -0.165. The highest BCUT2D eigenvalue weighted by atomic mass is 19.1. The molecule has 0 aliphatic carbocycles. The zero-order valence-corrected chi connectivity index (χ0v) is 18.4. The highest BCUT2D eigenvalue weighted by Gasteiger charge is 2.14. The SMILES string of the molecule is COc1cc(/C=C(\C#N)C(=O)Nc2ccc([N+](=O)[O-])cc2C)ccc1OCc1ccc(F)cc1. The number of benzene rings is 3. The molecule has 3 rings (SSSR count). The molecule has 0 atom stereocenters. The largest absolute Gasteiger partial charge is 0.493 e. The number of amides is 1. The van der Waals surface area contributed by atoms with E-state index in [1.807, 2.05) is 6.07 Å². The summed E-state index contributed by atoms with van der Waals surface area (Å²) in [5.41, 5.74) is 1.89. The fourth-order valence-electron chi connectivity index (χ4n) is 3.04. The maximum Gasteiger partial charge on any atom is 0.269 e. The zero-order chi connectivity index (χ0) is 24.7. The molecule has 0 spiro atoms. The highest BCUT2D eigenvalue weighted by molar-refractivity contribution is 6.10. The number of methoxy groups -OCH3 is 1. The standard InChI is InChI=1S/C25H20FN3O5/c1-16-11-21(29(31)32)8-9-22(16)28-25(30)19(14-27)12-18-5-10-23(24(13-18)33-2)34-15-17-3-6-20(26)7-4-17/h3-13H,15H2,1-2H3,(H,28,30)/b19-12+. The van der Waals surface area contributed by atoms with Gasteiger partial charge in [-0.15, -0.1) is 0 Å². The normalized spacial score (nSPS) is 10.8. The monoisotopic (exact) mass is 461 g/mol. The predicted molar refractivity (Wildman–Crippen MR) is 124 cm³/mol. The molecule has 0 heterocycles. The van der Waals surface area contributed by atoms with Gasteiger partial charge in [-0.3, -0.25) is 14.9 Å². The Kier molecular flexibility index (Phi) is 7.56. The molecule has 34 heavy (non-hydrogen) atoms. The molecule has 0 aliphatic rings. The number of nitrogens with one attached hydrogen (secondary N) is 1. The number of nitriles is 1. The minimum atomic E-state index is -0.657. The first kappa shape index (κ1) is 23.9. The zero-order valence-electron chi connectivity index (χ0n) is 18.4. The summed E-state index contributed by atoms with van der Waals surface area (Å²) in [5, 5.41) is 23.0. The molecule has 1 amide bonds. The van der Waals surface area contributed by atoms with Gasteiger partial charge in [0.2, 0.25) is 0 Å². The van der Waals surface area contributed by atoms with Crippen molar-refractivity contribution in [2.45, 2.75) is 13.5 Å². The van der Waals surface area contributed by atoms with E-state index in [2.05, 4.69) is 5.32 Å². The van der Waals surface area contributed by atoms with Crippen LogP contribution in [0.15, 0.2) is 66.2 Å². The lowest BCUT2D eigenvalue weighted by atomic mass is 10.1. The van der Waals surface area contributed by atoms with Gasteiger partial charge >= 0.3 is 0 Å². The summed E-state index contributed by atoms with van der Waals surface area (Å²) in [4.78, 5) is 23.0. The lowest BCUT2D eigenvalue weighted by molar-refractivity contribution is -0.384. The summed E-state index contributed by atoms with van der Waals surface area (Å²) in [6, 6.07) is 16.7. The Morgan fingerprint density at radius 2 is 1.88 bits per heavy atom. The van der Waals surface area contributed by atoms with Gasteiger partial charge in [0.25, 0.3) is 11.6 Å². The number of nitro benzene ring substituents is 1. The van der Waals surface area contributed by atoms with Gasteiger partial charge in [-0.2, -0.15) is 5.26 Å². The Bertz CT molecular complexity index is 1300. The van der Waals surface area contributed by atoms with Crippen LogP contribution >= 0.6 is 0 Å². The fourth-order valence-corrected chi connectivity index (χ4v) is 3.04. The van der Waals surface area contributed by atoms with Crippen LogP contribution in [0.5, 0.6) is 11.5 Å². The van der Waals surface area contributed by atoms with Gasteiger partial charge in [-0.25, -0.2) is 4.39 Å². The number of nitro groups is 1. The molecule has 9 heteroatoms. The lowest BCUT2D eigenvalue weighted by Crippen LogP contribution is -2.14. The minimum absolute atomic E-state index is 0.0969. The van der Waals surface area contributed by atoms with E-state index < -0.39 is 10.8 Å². The highest BCUT2D eigenvalue weighted by Crippen LogP contribution is 2.30. The van der Waals surface area contributed by atoms with Gasteiger partial charge in [0.05, 0.1) is 12.0 Å². The summed E-state index contributed by atoms with van der Waals surface area (Å²) in [6.45, 7) is 1.82. The maximum atomic E-state index is 13.0. The van der Waals surface area contributed by atoms with Crippen LogP contribution in [0.1, 0.15) is 16.7 Å². The molecule has 0 bridgehead atoms. The van der Waals surface area contributed by atoms with Crippen molar-refractivity contribution in [2.75, 3.05) is 12.4 Å². The fraction of sp³-hybridized carbons (Fsp3) is 0.120. The van der Waals surface area contributed by atoms with Crippen LogP contribution in [0.25, 0.3) is 6.08 Å². The third-order valence-electron chi connectivity index (χ3n) is 4.84. The topological polar surface area (TPSA) is 114 Å². The number of aryl methyl sites for hydroxylation is 1. The maximum absolute atomic E-state index is 13.0. The summed E-state index contributed by atoms with van der Waals surface area (Å²) < 4.78 is 24.2. The average Bonchev–Trinajstić information content (AvgIpc) is 2.83. The van der Waals surface area contributed by atoms with Gasteiger partial charge in [-0.05, 0) is 60.0 Å². The Morgan fingerprint density at radius 1 is 1.15 bits per heavy atom. The molecule has 0 aromatic heterocycles. The van der Waals surface area contributed by atoms with Crippen LogP contribution in [0.3, 0.4) is 0 Å². The number of nitrogens with zero attached hydrogens (tertiary/aromatic N) is 2. The van der Waals surface area contributed by atoms with Gasteiger partial charge in [-0.1, -0.05) is 18.2 Å². The van der Waals surface area contributed by atoms with E-state index in [0.717, 1.165) is 5.56 Å². The number of hydrogen-bond acceptors (Lipinski definition) is 6. The molecule has 0 radical (unpaired) electrons. The number of carbonyl (C=O) groups excluding carboxylic acids is 1. The molecule has 0 aliphatic heterocycles. The van der Waals surface area contributed by atoms with Gasteiger partial charge in [0, 0.05) is 17.8 Å². The van der Waals surface area contributed by atoms with Crippen LogP contribution < -0.4 is 14.8 Å². The molecule has 3 aromatic carbocycles. The Hall–Kier alpha value is -4.71. The van der Waals surface area contributed by atoms with E-state index >= 15 is 0 Å². The second kappa shape index (κ2) is 10.7. The van der Waals surface area contributed by atoms with Crippen molar-refractivity contribution in [3.8, 4) is 17.6 Å². The second-order valence-electron chi connectivity index (χ2n) is 7.21. The Morgan fingerprint density at radius 3 is 2.50 bits per heavy atom. The van der Waals surface area contributed by atoms with E-state index in [-0.39, 0.29) is 23.7 Å². The number of rotatable bonds is 8. The number of carbonyl (C=O) groups is 1. The van der Waals surface area contributed by atoms with Crippen molar-refractivity contribution in [1.29, 1.82) is 5.26 Å². The number of anilines is 1. The lowest BCUT2D eigenvalue weighted by Gasteiger charge is -2.12. The van der Waals surface area contributed by atoms with E-state index in [1.54, 1.807) is 37.3 Å². The Labute approximate surface area is 195 Å². The van der Waals surface area contributed by atoms with Crippen molar-refractivity contribution in [1.82, 2.24) is 0 Å². The van der Waals surface area contributed by atoms with Crippen molar-refractivity contribution in [3.63, 3.8) is 0 Å². The molecule has 172 valence electrons. The molecule has 3 aromatic rings. The molecule has 0 saturated heterocycles. The van der Waals surface area contributed by atoms with Crippen LogP contribution in [0, 0.1) is 34.2 Å². The molecule has 0 fully saturated rings. The summed E-state index contributed by atoms with van der Waals surface area (Å²) in [6.07, 6.45) is 1.39. The first-order valence-electron chi connectivity index (χ1n) is 10.0. The van der Waals surface area contributed by atoms with Crippen molar-refractivity contribution in [3.05, 3.63) is 98.9 Å². The molecule has 8 nitrogen and oxygen atoms in total. The van der Waals surface area contributed by atoms with Crippen LogP contribution in [-0.4, -0.2) is 17.9 Å². The van der Waals surface area contributed by atoms with E-state index in [1.165, 1.54) is 43.5 Å². The third-order valence-corrected chi connectivity index (χ3v) is 4.84. The van der Waals surface area contributed by atoms with Crippen LogP contribution in [0.4, 0.5) is 15.8 Å². The third kappa shape index (κ3) is 5.95. The van der Waals surface area contributed by atoms with E-state index in [0.29, 0.717) is 28.3 Å². The second-order valence-corrected chi connectivity index (χ2v) is 7.21. The first-order chi connectivity index (χ1) is 16.3. The summed E-state index contributed by atoms with van der Waals surface area (Å²) in [7, 11) is 1.46. The van der Waals surface area contributed by atoms with Gasteiger partial charge in [0.1, 0.15) is 24.1 Å². The quantitative estimate of drug-likeness (QED) is 0.214. The van der Waals surface area contributed by atoms with Crippen LogP contribution in [-0.2, 0) is 11.4 Å². The number of ether oxygens (including phenoxy) is 2. The molecular weight excluding hydrogens is 441 g/mol. The molecule has 1 N–H and O–H groups in total. The number of halogens is 1. The smallest absolute Gasteiger partial charge is 0.269 e. The number of hydrogen-bond donors (Lipinski definition) is 1. The average molecular weight is 461 g/mol. The van der Waals surface area contributed by atoms with E-state index in [9.17, 15) is 24.6 Å². The Balaban J connectivity index is 1.75. The van der Waals surface area contributed by atoms with Crippen molar-refractivity contribution in [2.24, 2.45) is 0 Å². The molecule has 0 saturated carbocycles. The van der Waals surface area contributed by atoms with Crippen molar-refractivity contribution >= 4 is 23.4 Å². The number of non-ortho nitro benzene ring substituents is 1. The predicted octanol–water partition coefficient (Wildman–Crippen LogP) is 5.18. The van der Waals surface area contributed by atoms with Gasteiger partial charge in [0.15, 0.2) is 11.5 Å². The van der Waals surface area contributed by atoms with E-state index in [4.69, 9.17) is 9.47 Å². The minimum Gasteiger partial charge on any atom is -0.493 e. The molecule has 0 unspecified atom stereocenters. The summed E-state index contributed by atoms with van der Waals surface area (Å²) >= 11 is 0.